The Hall–Kier alpha value is -1.19. The summed E-state index contributed by atoms with van der Waals surface area (Å²) >= 11 is 0. The van der Waals surface area contributed by atoms with E-state index in [4.69, 9.17) is 5.11 Å². The molecule has 1 N–H and O–H groups in total. The Kier molecular flexibility index (Phi) is 4.15. The highest BCUT2D eigenvalue weighted by molar-refractivity contribution is 5.68. The summed E-state index contributed by atoms with van der Waals surface area (Å²) in [7, 11) is 0. The zero-order valence-electron chi connectivity index (χ0n) is 10.9. The molecule has 1 saturated heterocycles. The van der Waals surface area contributed by atoms with E-state index >= 15 is 0 Å². The fourth-order valence-electron chi connectivity index (χ4n) is 2.69. The first-order valence-electron chi connectivity index (χ1n) is 6.53. The second-order valence-corrected chi connectivity index (χ2v) is 5.47. The fourth-order valence-corrected chi connectivity index (χ4v) is 2.69. The van der Waals surface area contributed by atoms with E-state index in [0.717, 1.165) is 37.9 Å². The molecule has 1 aromatic rings. The van der Waals surface area contributed by atoms with Crippen LogP contribution in [0.3, 0.4) is 0 Å². The average Bonchev–Trinajstić information content (AvgIpc) is 2.87. The number of aliphatic hydroxyl groups excluding tert-OH is 1. The van der Waals surface area contributed by atoms with Crippen LogP contribution >= 0.6 is 0 Å². The summed E-state index contributed by atoms with van der Waals surface area (Å²) in [5, 5.41) is 9.16. The Bertz CT molecular complexity index is 393. The van der Waals surface area contributed by atoms with Gasteiger partial charge in [-0.05, 0) is 31.4 Å². The summed E-state index contributed by atoms with van der Waals surface area (Å²) in [6.07, 6.45) is 2.08. The zero-order chi connectivity index (χ0) is 13.0. The molecule has 1 heterocycles. The van der Waals surface area contributed by atoms with Gasteiger partial charge in [0.2, 0.25) is 0 Å². The number of hydrogen-bond donors (Lipinski definition) is 1. The van der Waals surface area contributed by atoms with Crippen LogP contribution in [-0.4, -0.2) is 42.5 Å². The number of hydrogen-bond acceptors (Lipinski definition) is 3. The first kappa shape index (κ1) is 13.2. The van der Waals surface area contributed by atoms with Crippen LogP contribution in [0, 0.1) is 5.92 Å². The van der Waals surface area contributed by atoms with E-state index in [0.29, 0.717) is 5.92 Å². The van der Waals surface area contributed by atoms with Crippen LogP contribution < -0.4 is 0 Å². The number of rotatable bonds is 5. The molecule has 18 heavy (non-hydrogen) atoms. The minimum atomic E-state index is -0.453. The van der Waals surface area contributed by atoms with Crippen molar-refractivity contribution < 1.29 is 9.90 Å². The van der Waals surface area contributed by atoms with Gasteiger partial charge >= 0.3 is 0 Å². The van der Waals surface area contributed by atoms with E-state index in [1.165, 1.54) is 0 Å². The van der Waals surface area contributed by atoms with Gasteiger partial charge < -0.3 is 14.8 Å². The van der Waals surface area contributed by atoms with Crippen molar-refractivity contribution >= 4 is 6.29 Å². The molecular formula is C15H21NO2. The number of aldehydes is 1. The van der Waals surface area contributed by atoms with Gasteiger partial charge in [-0.3, -0.25) is 0 Å². The number of carbonyl (C=O) groups excluding carboxylic acids is 1. The molecule has 98 valence electrons. The lowest BCUT2D eigenvalue weighted by atomic mass is 9.83. The number of aliphatic hydroxyl groups is 1. The molecule has 2 atom stereocenters. The summed E-state index contributed by atoms with van der Waals surface area (Å²) in [6, 6.07) is 9.92. The van der Waals surface area contributed by atoms with Crippen LogP contribution in [0.5, 0.6) is 0 Å². The standard InChI is InChI=1S/C15H21NO2/c1-15(12-18,14-5-3-2-4-6-14)11-16-8-7-13(9-16)10-17/h2-6,12-13,17H,7-11H2,1H3. The average molecular weight is 247 g/mol. The third-order valence-electron chi connectivity index (χ3n) is 3.87. The van der Waals surface area contributed by atoms with Crippen molar-refractivity contribution in [2.45, 2.75) is 18.8 Å². The molecule has 0 spiro atoms. The summed E-state index contributed by atoms with van der Waals surface area (Å²) in [5.41, 5.74) is 0.610. The molecule has 2 unspecified atom stereocenters. The quantitative estimate of drug-likeness (QED) is 0.801. The van der Waals surface area contributed by atoms with Crippen LogP contribution in [0.1, 0.15) is 18.9 Å². The van der Waals surface area contributed by atoms with Gasteiger partial charge in [-0.2, -0.15) is 0 Å². The molecule has 1 aliphatic heterocycles. The van der Waals surface area contributed by atoms with Gasteiger partial charge in [0.25, 0.3) is 0 Å². The van der Waals surface area contributed by atoms with Gasteiger partial charge in [-0.1, -0.05) is 30.3 Å². The second kappa shape index (κ2) is 5.63. The zero-order valence-corrected chi connectivity index (χ0v) is 10.9. The molecule has 2 rings (SSSR count). The van der Waals surface area contributed by atoms with Crippen molar-refractivity contribution in [1.82, 2.24) is 4.90 Å². The molecule has 3 heteroatoms. The molecule has 1 aromatic carbocycles. The Morgan fingerprint density at radius 3 is 2.72 bits per heavy atom. The molecule has 1 fully saturated rings. The lowest BCUT2D eigenvalue weighted by Crippen LogP contribution is -2.39. The molecular weight excluding hydrogens is 226 g/mol. The highest BCUT2D eigenvalue weighted by Gasteiger charge is 2.32. The highest BCUT2D eigenvalue weighted by atomic mass is 16.3. The van der Waals surface area contributed by atoms with Gasteiger partial charge in [0, 0.05) is 19.7 Å². The predicted octanol–water partition coefficient (Wildman–Crippen LogP) is 1.46. The van der Waals surface area contributed by atoms with E-state index < -0.39 is 5.41 Å². The minimum absolute atomic E-state index is 0.250. The molecule has 0 aliphatic carbocycles. The normalized spacial score (nSPS) is 23.8. The van der Waals surface area contributed by atoms with Gasteiger partial charge in [-0.25, -0.2) is 0 Å². The van der Waals surface area contributed by atoms with Crippen molar-refractivity contribution in [2.24, 2.45) is 5.92 Å². The summed E-state index contributed by atoms with van der Waals surface area (Å²) in [4.78, 5) is 13.8. The van der Waals surface area contributed by atoms with Gasteiger partial charge in [0.15, 0.2) is 0 Å². The lowest BCUT2D eigenvalue weighted by molar-refractivity contribution is -0.112. The molecule has 0 radical (unpaired) electrons. The van der Waals surface area contributed by atoms with E-state index in [9.17, 15) is 4.79 Å². The van der Waals surface area contributed by atoms with Crippen molar-refractivity contribution in [1.29, 1.82) is 0 Å². The molecule has 0 bridgehead atoms. The maximum Gasteiger partial charge on any atom is 0.131 e. The third-order valence-corrected chi connectivity index (χ3v) is 3.87. The smallest absolute Gasteiger partial charge is 0.131 e. The largest absolute Gasteiger partial charge is 0.396 e. The topological polar surface area (TPSA) is 40.5 Å². The molecule has 0 saturated carbocycles. The van der Waals surface area contributed by atoms with Crippen molar-refractivity contribution in [3.63, 3.8) is 0 Å². The Labute approximate surface area is 108 Å². The van der Waals surface area contributed by atoms with Crippen LogP contribution in [0.4, 0.5) is 0 Å². The van der Waals surface area contributed by atoms with Crippen molar-refractivity contribution in [2.75, 3.05) is 26.2 Å². The van der Waals surface area contributed by atoms with Crippen LogP contribution in [0.2, 0.25) is 0 Å². The second-order valence-electron chi connectivity index (χ2n) is 5.47. The molecule has 0 aromatic heterocycles. The molecule has 1 aliphatic rings. The first-order chi connectivity index (χ1) is 8.68. The Morgan fingerprint density at radius 2 is 2.17 bits per heavy atom. The van der Waals surface area contributed by atoms with Crippen LogP contribution in [-0.2, 0) is 10.2 Å². The lowest BCUT2D eigenvalue weighted by Gasteiger charge is -2.29. The van der Waals surface area contributed by atoms with Crippen molar-refractivity contribution in [3.05, 3.63) is 35.9 Å². The number of benzene rings is 1. The van der Waals surface area contributed by atoms with Gasteiger partial charge in [0.1, 0.15) is 6.29 Å². The van der Waals surface area contributed by atoms with E-state index in [2.05, 4.69) is 4.90 Å². The van der Waals surface area contributed by atoms with E-state index in [1.807, 2.05) is 37.3 Å². The van der Waals surface area contributed by atoms with Crippen molar-refractivity contribution in [3.8, 4) is 0 Å². The van der Waals surface area contributed by atoms with Crippen LogP contribution in [0.15, 0.2) is 30.3 Å². The number of nitrogens with zero attached hydrogens (tertiary/aromatic N) is 1. The fraction of sp³-hybridized carbons (Fsp3) is 0.533. The summed E-state index contributed by atoms with van der Waals surface area (Å²) < 4.78 is 0. The molecule has 0 amide bonds. The minimum Gasteiger partial charge on any atom is -0.396 e. The predicted molar refractivity (Wildman–Crippen MR) is 71.5 cm³/mol. The van der Waals surface area contributed by atoms with Gasteiger partial charge in [0.05, 0.1) is 5.41 Å². The van der Waals surface area contributed by atoms with E-state index in [1.54, 1.807) is 0 Å². The van der Waals surface area contributed by atoms with E-state index in [-0.39, 0.29) is 6.61 Å². The Morgan fingerprint density at radius 1 is 1.44 bits per heavy atom. The van der Waals surface area contributed by atoms with Crippen LogP contribution in [0.25, 0.3) is 0 Å². The highest BCUT2D eigenvalue weighted by Crippen LogP contribution is 2.25. The first-order valence-corrected chi connectivity index (χ1v) is 6.53. The number of likely N-dealkylation sites (tertiary alicyclic amines) is 1. The maximum absolute atomic E-state index is 11.5. The Balaban J connectivity index is 2.07. The van der Waals surface area contributed by atoms with Gasteiger partial charge in [-0.15, -0.1) is 0 Å². The summed E-state index contributed by atoms with van der Waals surface area (Å²) in [5.74, 6) is 0.372. The third kappa shape index (κ3) is 2.79. The maximum atomic E-state index is 11.5. The molecule has 3 nitrogen and oxygen atoms in total. The monoisotopic (exact) mass is 247 g/mol. The number of carbonyl (C=O) groups is 1. The SMILES string of the molecule is CC(C=O)(CN1CCC(CO)C1)c1ccccc1. The summed E-state index contributed by atoms with van der Waals surface area (Å²) in [6.45, 7) is 4.84.